The van der Waals surface area contributed by atoms with Crippen LogP contribution in [0.4, 0.5) is 11.5 Å². The third kappa shape index (κ3) is 2.52. The first-order valence-electron chi connectivity index (χ1n) is 5.85. The number of hydrogen-bond donors (Lipinski definition) is 2. The maximum Gasteiger partial charge on any atom is 0.323 e. The lowest BCUT2D eigenvalue weighted by atomic mass is 10.2. The van der Waals surface area contributed by atoms with E-state index in [1.807, 2.05) is 0 Å². The quantitative estimate of drug-likeness (QED) is 0.655. The first-order chi connectivity index (χ1) is 9.54. The molecule has 1 aromatic carbocycles. The molecule has 20 heavy (non-hydrogen) atoms. The summed E-state index contributed by atoms with van der Waals surface area (Å²) >= 11 is 0. The molecule has 0 aliphatic carbocycles. The number of carbonyl (C=O) groups excluding carboxylic acids is 1. The van der Waals surface area contributed by atoms with Crippen LogP contribution in [0, 0.1) is 10.1 Å². The number of benzene rings is 1. The molecule has 1 aromatic heterocycles. The van der Waals surface area contributed by atoms with Crippen LogP contribution < -0.4 is 5.32 Å². The van der Waals surface area contributed by atoms with E-state index in [4.69, 9.17) is 0 Å². The molecule has 104 valence electrons. The molecule has 1 amide bonds. The summed E-state index contributed by atoms with van der Waals surface area (Å²) in [7, 11) is 1.45. The first kappa shape index (κ1) is 13.8. The van der Waals surface area contributed by atoms with Crippen molar-refractivity contribution in [3.05, 3.63) is 57.8 Å². The Kier molecular flexibility index (Phi) is 3.81. The molecule has 2 aromatic rings. The van der Waals surface area contributed by atoms with Crippen molar-refractivity contribution < 1.29 is 14.8 Å². The van der Waals surface area contributed by atoms with E-state index in [1.54, 1.807) is 24.3 Å². The number of hydrogen-bond acceptors (Lipinski definition) is 4. The van der Waals surface area contributed by atoms with Crippen LogP contribution in [-0.2, 0) is 13.7 Å². The van der Waals surface area contributed by atoms with E-state index in [0.717, 1.165) is 0 Å². The van der Waals surface area contributed by atoms with E-state index in [1.165, 1.54) is 23.7 Å². The molecule has 0 bridgehead atoms. The monoisotopic (exact) mass is 275 g/mol. The average molecular weight is 275 g/mol. The van der Waals surface area contributed by atoms with Gasteiger partial charge in [-0.1, -0.05) is 18.2 Å². The summed E-state index contributed by atoms with van der Waals surface area (Å²) in [6.45, 7) is -0.205. The van der Waals surface area contributed by atoms with E-state index in [-0.39, 0.29) is 18.1 Å². The van der Waals surface area contributed by atoms with Gasteiger partial charge in [0.1, 0.15) is 0 Å². The summed E-state index contributed by atoms with van der Waals surface area (Å²) in [5.74, 6) is -0.632. The number of para-hydroxylation sites is 1. The highest BCUT2D eigenvalue weighted by Crippen LogP contribution is 2.19. The fourth-order valence-electron chi connectivity index (χ4n) is 1.88. The molecule has 0 fully saturated rings. The van der Waals surface area contributed by atoms with Gasteiger partial charge in [-0.25, -0.2) is 4.57 Å². The number of rotatable bonds is 4. The molecule has 7 heteroatoms. The van der Waals surface area contributed by atoms with Crippen LogP contribution in [0.5, 0.6) is 0 Å². The van der Waals surface area contributed by atoms with Gasteiger partial charge in [-0.15, -0.1) is 0 Å². The molecular formula is C13H13N3O4. The molecule has 1 heterocycles. The molecule has 0 aliphatic heterocycles. The van der Waals surface area contributed by atoms with Gasteiger partial charge in [-0.3, -0.25) is 4.79 Å². The number of anilines is 1. The minimum absolute atomic E-state index is 0.161. The number of aliphatic hydroxyl groups is 1. The SMILES string of the molecule is Cn1c(C(=O)Nc2ccccc2CO)ccc1[N+](=O)[O-]. The number of aliphatic hydroxyl groups excluding tert-OH is 1. The second kappa shape index (κ2) is 5.54. The lowest BCUT2D eigenvalue weighted by Gasteiger charge is -2.08. The van der Waals surface area contributed by atoms with Crippen LogP contribution in [-0.4, -0.2) is 20.5 Å². The topological polar surface area (TPSA) is 97.4 Å². The number of nitrogens with one attached hydrogen (secondary N) is 1. The molecule has 2 rings (SSSR count). The lowest BCUT2D eigenvalue weighted by molar-refractivity contribution is -0.391. The number of amides is 1. The fourth-order valence-corrected chi connectivity index (χ4v) is 1.88. The Morgan fingerprint density at radius 1 is 1.35 bits per heavy atom. The van der Waals surface area contributed by atoms with Crippen LogP contribution in [0.2, 0.25) is 0 Å². The van der Waals surface area contributed by atoms with Crippen molar-refractivity contribution in [3.63, 3.8) is 0 Å². The zero-order valence-electron chi connectivity index (χ0n) is 10.7. The second-order valence-electron chi connectivity index (χ2n) is 4.16. The average Bonchev–Trinajstić information content (AvgIpc) is 2.81. The molecule has 7 nitrogen and oxygen atoms in total. The molecule has 0 saturated carbocycles. The van der Waals surface area contributed by atoms with Crippen LogP contribution in [0.1, 0.15) is 16.1 Å². The minimum Gasteiger partial charge on any atom is -0.392 e. The van der Waals surface area contributed by atoms with Gasteiger partial charge in [-0.05, 0) is 17.1 Å². The largest absolute Gasteiger partial charge is 0.392 e. The van der Waals surface area contributed by atoms with Crippen molar-refractivity contribution in [3.8, 4) is 0 Å². The Hall–Kier alpha value is -2.67. The van der Waals surface area contributed by atoms with Gasteiger partial charge in [0.15, 0.2) is 5.69 Å². The summed E-state index contributed by atoms with van der Waals surface area (Å²) in [5, 5.41) is 22.6. The maximum atomic E-state index is 12.1. The smallest absolute Gasteiger partial charge is 0.323 e. The van der Waals surface area contributed by atoms with Gasteiger partial charge >= 0.3 is 5.82 Å². The zero-order valence-corrected chi connectivity index (χ0v) is 10.7. The Morgan fingerprint density at radius 3 is 2.65 bits per heavy atom. The highest BCUT2D eigenvalue weighted by atomic mass is 16.6. The molecule has 0 radical (unpaired) electrons. The number of nitro groups is 1. The van der Waals surface area contributed by atoms with Crippen molar-refractivity contribution in [2.75, 3.05) is 5.32 Å². The van der Waals surface area contributed by atoms with E-state index in [9.17, 15) is 20.0 Å². The van der Waals surface area contributed by atoms with Crippen molar-refractivity contribution in [2.45, 2.75) is 6.61 Å². The Labute approximate surface area is 114 Å². The van der Waals surface area contributed by atoms with Crippen LogP contribution in [0.25, 0.3) is 0 Å². The van der Waals surface area contributed by atoms with Crippen molar-refractivity contribution in [1.29, 1.82) is 0 Å². The Bertz CT molecular complexity index is 663. The van der Waals surface area contributed by atoms with Crippen molar-refractivity contribution in [2.24, 2.45) is 7.05 Å². The van der Waals surface area contributed by atoms with Crippen LogP contribution in [0.3, 0.4) is 0 Å². The molecule has 0 saturated heterocycles. The number of carbonyl (C=O) groups is 1. The molecule has 0 unspecified atom stereocenters. The van der Waals surface area contributed by atoms with Gasteiger partial charge in [0.2, 0.25) is 0 Å². The zero-order chi connectivity index (χ0) is 14.7. The van der Waals surface area contributed by atoms with Crippen LogP contribution >= 0.6 is 0 Å². The number of aromatic nitrogens is 1. The third-order valence-corrected chi connectivity index (χ3v) is 2.95. The highest BCUT2D eigenvalue weighted by molar-refractivity contribution is 6.03. The fraction of sp³-hybridized carbons (Fsp3) is 0.154. The molecule has 0 aliphatic rings. The first-order valence-corrected chi connectivity index (χ1v) is 5.85. The third-order valence-electron chi connectivity index (χ3n) is 2.95. The summed E-state index contributed by atoms with van der Waals surface area (Å²) in [6.07, 6.45) is 0. The van der Waals surface area contributed by atoms with E-state index in [0.29, 0.717) is 11.3 Å². The van der Waals surface area contributed by atoms with E-state index in [2.05, 4.69) is 5.32 Å². The minimum atomic E-state index is -0.557. The second-order valence-corrected chi connectivity index (χ2v) is 4.16. The Morgan fingerprint density at radius 2 is 2.05 bits per heavy atom. The highest BCUT2D eigenvalue weighted by Gasteiger charge is 2.21. The van der Waals surface area contributed by atoms with Gasteiger partial charge in [0, 0.05) is 17.3 Å². The Balaban J connectivity index is 2.27. The van der Waals surface area contributed by atoms with Gasteiger partial charge in [-0.2, -0.15) is 0 Å². The van der Waals surface area contributed by atoms with Crippen molar-refractivity contribution >= 4 is 17.4 Å². The molecule has 0 atom stereocenters. The summed E-state index contributed by atoms with van der Waals surface area (Å²) in [5.41, 5.74) is 1.22. The predicted molar refractivity (Wildman–Crippen MR) is 72.4 cm³/mol. The summed E-state index contributed by atoms with van der Waals surface area (Å²) in [6, 6.07) is 9.46. The van der Waals surface area contributed by atoms with Crippen LogP contribution in [0.15, 0.2) is 36.4 Å². The summed E-state index contributed by atoms with van der Waals surface area (Å²) < 4.78 is 1.21. The molecule has 2 N–H and O–H groups in total. The number of nitrogens with zero attached hydrogens (tertiary/aromatic N) is 2. The normalized spacial score (nSPS) is 10.3. The standard InChI is InChI=1S/C13H13N3O4/c1-15-11(6-7-12(15)16(19)20)13(18)14-10-5-3-2-4-9(10)8-17/h2-7,17H,8H2,1H3,(H,14,18). The predicted octanol–water partition coefficient (Wildman–Crippen LogP) is 1.68. The maximum absolute atomic E-state index is 12.1. The van der Waals surface area contributed by atoms with Gasteiger partial charge in [0.25, 0.3) is 5.91 Å². The summed E-state index contributed by atoms with van der Waals surface area (Å²) in [4.78, 5) is 22.3. The van der Waals surface area contributed by atoms with Crippen molar-refractivity contribution in [1.82, 2.24) is 4.57 Å². The molecular weight excluding hydrogens is 262 g/mol. The van der Waals surface area contributed by atoms with Gasteiger partial charge in [0.05, 0.1) is 13.7 Å². The van der Waals surface area contributed by atoms with E-state index < -0.39 is 10.8 Å². The lowest BCUT2D eigenvalue weighted by Crippen LogP contribution is -2.17. The molecule has 0 spiro atoms. The van der Waals surface area contributed by atoms with Gasteiger partial charge < -0.3 is 20.5 Å². The van der Waals surface area contributed by atoms with E-state index >= 15 is 0 Å².